The normalized spacial score (nSPS) is 16.5. The Morgan fingerprint density at radius 2 is 1.80 bits per heavy atom. The van der Waals surface area contributed by atoms with E-state index in [0.717, 1.165) is 18.0 Å². The van der Waals surface area contributed by atoms with Gasteiger partial charge < -0.3 is 0 Å². The summed E-state index contributed by atoms with van der Waals surface area (Å²) >= 11 is 0. The van der Waals surface area contributed by atoms with Crippen LogP contribution in [0.25, 0.3) is 11.3 Å². The molecule has 0 saturated heterocycles. The molecule has 106 valence electrons. The highest BCUT2D eigenvalue weighted by Gasteiger charge is 2.16. The van der Waals surface area contributed by atoms with Gasteiger partial charge in [0.15, 0.2) is 0 Å². The summed E-state index contributed by atoms with van der Waals surface area (Å²) in [4.78, 5) is 0. The maximum absolute atomic E-state index is 4.61. The maximum Gasteiger partial charge on any atom is 0.0954 e. The molecular weight excluding hydrogens is 244 g/mol. The summed E-state index contributed by atoms with van der Waals surface area (Å²) in [6, 6.07) is 9.15. The highest BCUT2D eigenvalue weighted by atomic mass is 15.2. The van der Waals surface area contributed by atoms with Gasteiger partial charge in [-0.1, -0.05) is 50.5 Å². The average molecular weight is 268 g/mol. The summed E-state index contributed by atoms with van der Waals surface area (Å²) in [5.74, 6) is 0.784. The molecule has 2 aromatic rings. The predicted octanol–water partition coefficient (Wildman–Crippen LogP) is 4.70. The van der Waals surface area contributed by atoms with Crippen LogP contribution in [0.1, 0.15) is 56.1 Å². The Bertz CT molecular complexity index is 560. The van der Waals surface area contributed by atoms with Crippen LogP contribution in [-0.2, 0) is 13.5 Å². The van der Waals surface area contributed by atoms with Crippen LogP contribution in [0, 0.1) is 0 Å². The molecule has 1 fully saturated rings. The Labute approximate surface area is 121 Å². The van der Waals surface area contributed by atoms with Crippen molar-refractivity contribution in [2.24, 2.45) is 7.05 Å². The molecule has 1 aliphatic carbocycles. The first kappa shape index (κ1) is 13.4. The summed E-state index contributed by atoms with van der Waals surface area (Å²) in [5.41, 5.74) is 5.24. The van der Waals surface area contributed by atoms with Crippen molar-refractivity contribution in [1.82, 2.24) is 9.78 Å². The molecular formula is C18H24N2. The van der Waals surface area contributed by atoms with E-state index in [2.05, 4.69) is 42.5 Å². The largest absolute Gasteiger partial charge is 0.275 e. The molecule has 0 bridgehead atoms. The zero-order valence-electron chi connectivity index (χ0n) is 12.6. The lowest BCUT2D eigenvalue weighted by Gasteiger charge is -2.22. The van der Waals surface area contributed by atoms with Gasteiger partial charge in [-0.15, -0.1) is 0 Å². The van der Waals surface area contributed by atoms with Crippen LogP contribution in [0.2, 0.25) is 0 Å². The second kappa shape index (κ2) is 5.82. The van der Waals surface area contributed by atoms with E-state index in [9.17, 15) is 0 Å². The van der Waals surface area contributed by atoms with Gasteiger partial charge in [-0.2, -0.15) is 5.10 Å². The smallest absolute Gasteiger partial charge is 0.0954 e. The average Bonchev–Trinajstić information content (AvgIpc) is 2.89. The number of hydrogen-bond donors (Lipinski definition) is 0. The lowest BCUT2D eigenvalue weighted by atomic mass is 9.84. The zero-order valence-corrected chi connectivity index (χ0v) is 12.6. The van der Waals surface area contributed by atoms with Gasteiger partial charge in [-0.25, -0.2) is 0 Å². The number of aryl methyl sites for hydroxylation is 2. The fraction of sp³-hybridized carbons (Fsp3) is 0.500. The third-order valence-corrected chi connectivity index (χ3v) is 4.55. The minimum Gasteiger partial charge on any atom is -0.275 e. The lowest BCUT2D eigenvalue weighted by Crippen LogP contribution is -2.04. The van der Waals surface area contributed by atoms with Crippen LogP contribution in [0.4, 0.5) is 0 Å². The van der Waals surface area contributed by atoms with E-state index >= 15 is 0 Å². The third-order valence-electron chi connectivity index (χ3n) is 4.55. The van der Waals surface area contributed by atoms with Gasteiger partial charge in [0.1, 0.15) is 0 Å². The first-order valence-corrected chi connectivity index (χ1v) is 7.90. The Morgan fingerprint density at radius 3 is 2.45 bits per heavy atom. The van der Waals surface area contributed by atoms with E-state index in [1.165, 1.54) is 48.8 Å². The van der Waals surface area contributed by atoms with E-state index in [1.54, 1.807) is 0 Å². The highest BCUT2D eigenvalue weighted by molar-refractivity contribution is 5.63. The Kier molecular flexibility index (Phi) is 3.90. The number of hydrogen-bond acceptors (Lipinski definition) is 1. The summed E-state index contributed by atoms with van der Waals surface area (Å²) < 4.78 is 1.92. The van der Waals surface area contributed by atoms with Crippen LogP contribution in [0.5, 0.6) is 0 Å². The van der Waals surface area contributed by atoms with Gasteiger partial charge in [-0.3, -0.25) is 4.68 Å². The second-order valence-electron chi connectivity index (χ2n) is 5.99. The second-order valence-corrected chi connectivity index (χ2v) is 5.99. The number of benzene rings is 1. The molecule has 0 radical (unpaired) electrons. The summed E-state index contributed by atoms with van der Waals surface area (Å²) in [6.45, 7) is 2.19. The van der Waals surface area contributed by atoms with Gasteiger partial charge in [-0.05, 0) is 36.3 Å². The standard InChI is InChI=1S/C18H24N2/c1-3-14-13-20(2)19-18(14)17-11-9-16(10-12-17)15-7-5-4-6-8-15/h9-13,15H,3-8H2,1-2H3. The quantitative estimate of drug-likeness (QED) is 0.789. The maximum atomic E-state index is 4.61. The van der Waals surface area contributed by atoms with Crippen molar-refractivity contribution < 1.29 is 0 Å². The van der Waals surface area contributed by atoms with Crippen LogP contribution < -0.4 is 0 Å². The highest BCUT2D eigenvalue weighted by Crippen LogP contribution is 2.33. The molecule has 0 spiro atoms. The fourth-order valence-electron chi connectivity index (χ4n) is 3.39. The van der Waals surface area contributed by atoms with Crippen molar-refractivity contribution in [3.8, 4) is 11.3 Å². The Balaban J connectivity index is 1.85. The predicted molar refractivity (Wildman–Crippen MR) is 83.8 cm³/mol. The minimum atomic E-state index is 0.784. The van der Waals surface area contributed by atoms with Crippen molar-refractivity contribution >= 4 is 0 Å². The SMILES string of the molecule is CCc1cn(C)nc1-c1ccc(C2CCCCC2)cc1. The molecule has 1 heterocycles. The molecule has 20 heavy (non-hydrogen) atoms. The van der Waals surface area contributed by atoms with Gasteiger partial charge >= 0.3 is 0 Å². The zero-order chi connectivity index (χ0) is 13.9. The van der Waals surface area contributed by atoms with Crippen LogP contribution in [0.3, 0.4) is 0 Å². The number of aromatic nitrogens is 2. The first-order valence-electron chi connectivity index (χ1n) is 7.90. The van der Waals surface area contributed by atoms with Crippen molar-refractivity contribution in [3.05, 3.63) is 41.6 Å². The van der Waals surface area contributed by atoms with E-state index < -0.39 is 0 Å². The monoisotopic (exact) mass is 268 g/mol. The summed E-state index contributed by atoms with van der Waals surface area (Å²) in [7, 11) is 2.00. The molecule has 0 aliphatic heterocycles. The minimum absolute atomic E-state index is 0.784. The van der Waals surface area contributed by atoms with Gasteiger partial charge in [0.2, 0.25) is 0 Å². The van der Waals surface area contributed by atoms with Gasteiger partial charge in [0.05, 0.1) is 5.69 Å². The fourth-order valence-corrected chi connectivity index (χ4v) is 3.39. The van der Waals surface area contributed by atoms with E-state index in [-0.39, 0.29) is 0 Å². The molecule has 0 atom stereocenters. The first-order chi connectivity index (χ1) is 9.78. The van der Waals surface area contributed by atoms with E-state index in [4.69, 9.17) is 0 Å². The molecule has 1 saturated carbocycles. The van der Waals surface area contributed by atoms with Crippen LogP contribution >= 0.6 is 0 Å². The summed E-state index contributed by atoms with van der Waals surface area (Å²) in [5, 5.41) is 4.61. The van der Waals surface area contributed by atoms with Crippen molar-refractivity contribution in [3.63, 3.8) is 0 Å². The van der Waals surface area contributed by atoms with Crippen LogP contribution in [0.15, 0.2) is 30.5 Å². The van der Waals surface area contributed by atoms with Crippen LogP contribution in [-0.4, -0.2) is 9.78 Å². The molecule has 1 aliphatic rings. The van der Waals surface area contributed by atoms with E-state index in [1.807, 2.05) is 11.7 Å². The van der Waals surface area contributed by atoms with Crippen molar-refractivity contribution in [2.75, 3.05) is 0 Å². The Hall–Kier alpha value is -1.57. The van der Waals surface area contributed by atoms with Crippen molar-refractivity contribution in [2.45, 2.75) is 51.4 Å². The van der Waals surface area contributed by atoms with Gasteiger partial charge in [0.25, 0.3) is 0 Å². The third kappa shape index (κ3) is 2.65. The molecule has 0 N–H and O–H groups in total. The van der Waals surface area contributed by atoms with Crippen molar-refractivity contribution in [1.29, 1.82) is 0 Å². The lowest BCUT2D eigenvalue weighted by molar-refractivity contribution is 0.443. The van der Waals surface area contributed by atoms with E-state index in [0.29, 0.717) is 0 Å². The molecule has 1 aromatic heterocycles. The number of rotatable bonds is 3. The molecule has 3 rings (SSSR count). The number of nitrogens with zero attached hydrogens (tertiary/aromatic N) is 2. The topological polar surface area (TPSA) is 17.8 Å². The summed E-state index contributed by atoms with van der Waals surface area (Å²) in [6.07, 6.45) is 10.1. The molecule has 2 nitrogen and oxygen atoms in total. The molecule has 0 amide bonds. The molecule has 2 heteroatoms. The molecule has 0 unspecified atom stereocenters. The van der Waals surface area contributed by atoms with Gasteiger partial charge in [0, 0.05) is 18.8 Å². The Morgan fingerprint density at radius 1 is 1.10 bits per heavy atom. The molecule has 1 aromatic carbocycles.